The Morgan fingerprint density at radius 2 is 2.07 bits per heavy atom. The molecule has 0 atom stereocenters. The highest BCUT2D eigenvalue weighted by Crippen LogP contribution is 2.25. The minimum absolute atomic E-state index is 0.0130. The Morgan fingerprint density at radius 3 is 2.72 bits per heavy atom. The Hall–Kier alpha value is -2.57. The Kier molecular flexibility index (Phi) is 7.49. The van der Waals surface area contributed by atoms with Crippen molar-refractivity contribution in [2.24, 2.45) is 0 Å². The number of nitriles is 1. The number of hydrogen-bond acceptors (Lipinski definition) is 7. The van der Waals surface area contributed by atoms with Crippen LogP contribution in [0.15, 0.2) is 29.4 Å². The molecule has 0 spiro atoms. The van der Waals surface area contributed by atoms with E-state index in [4.69, 9.17) is 14.7 Å². The first-order chi connectivity index (χ1) is 14.1. The average Bonchev–Trinajstić information content (AvgIpc) is 3.13. The molecule has 1 fully saturated rings. The normalized spacial score (nSPS) is 14.4. The number of thioether (sulfide) groups is 1. The van der Waals surface area contributed by atoms with Crippen molar-refractivity contribution in [1.29, 1.82) is 5.26 Å². The number of nitrogens with zero attached hydrogens (tertiary/aromatic N) is 5. The van der Waals surface area contributed by atoms with Crippen LogP contribution in [0.4, 0.5) is 0 Å². The maximum Gasteiger partial charge on any atom is 0.233 e. The van der Waals surface area contributed by atoms with E-state index < -0.39 is 0 Å². The molecular weight excluding hydrogens is 390 g/mol. The molecule has 0 unspecified atom stereocenters. The smallest absolute Gasteiger partial charge is 0.233 e. The van der Waals surface area contributed by atoms with Gasteiger partial charge in [-0.1, -0.05) is 11.8 Å². The molecular formula is C20H25N5O3S. The van der Waals surface area contributed by atoms with Crippen LogP contribution in [-0.4, -0.2) is 64.2 Å². The summed E-state index contributed by atoms with van der Waals surface area (Å²) < 4.78 is 12.5. The summed E-state index contributed by atoms with van der Waals surface area (Å²) in [6.07, 6.45) is 1.95. The summed E-state index contributed by atoms with van der Waals surface area (Å²) in [4.78, 5) is 14.8. The second-order valence-corrected chi connectivity index (χ2v) is 7.63. The van der Waals surface area contributed by atoms with Crippen LogP contribution in [0.2, 0.25) is 0 Å². The van der Waals surface area contributed by atoms with Crippen molar-refractivity contribution < 1.29 is 14.3 Å². The van der Waals surface area contributed by atoms with Gasteiger partial charge in [-0.3, -0.25) is 9.36 Å². The van der Waals surface area contributed by atoms with E-state index in [9.17, 15) is 4.79 Å². The number of carbonyl (C=O) groups excluding carboxylic acids is 1. The number of hydrogen-bond donors (Lipinski definition) is 0. The summed E-state index contributed by atoms with van der Waals surface area (Å²) in [7, 11) is 1.63. The third kappa shape index (κ3) is 5.28. The van der Waals surface area contributed by atoms with Gasteiger partial charge in [-0.25, -0.2) is 0 Å². The quantitative estimate of drug-likeness (QED) is 0.612. The van der Waals surface area contributed by atoms with Crippen LogP contribution in [0.1, 0.15) is 25.1 Å². The molecule has 1 aromatic carbocycles. The molecule has 154 valence electrons. The molecule has 1 aliphatic heterocycles. The highest BCUT2D eigenvalue weighted by molar-refractivity contribution is 7.99. The maximum atomic E-state index is 12.9. The zero-order chi connectivity index (χ0) is 20.6. The number of carbonyl (C=O) groups is 1. The monoisotopic (exact) mass is 415 g/mol. The van der Waals surface area contributed by atoms with Gasteiger partial charge >= 0.3 is 0 Å². The first-order valence-corrected chi connectivity index (χ1v) is 10.6. The standard InChI is InChI=1S/C20H25N5O3S/c1-15-22-23-20(25(15)17-4-6-18(27-2)7-5-17)29-14-19(26)24(11-3-10-21)16-8-12-28-13-9-16/h4-7,16H,3,8-9,11-14H2,1-2H3. The molecule has 0 bridgehead atoms. The number of amides is 1. The van der Waals surface area contributed by atoms with E-state index in [1.54, 1.807) is 7.11 Å². The molecule has 2 aromatic rings. The average molecular weight is 416 g/mol. The second kappa shape index (κ2) is 10.3. The number of aromatic nitrogens is 3. The Bertz CT molecular complexity index is 856. The fourth-order valence-electron chi connectivity index (χ4n) is 3.35. The third-order valence-corrected chi connectivity index (χ3v) is 5.78. The van der Waals surface area contributed by atoms with Crippen molar-refractivity contribution in [2.45, 2.75) is 37.4 Å². The minimum atomic E-state index is 0.0130. The second-order valence-electron chi connectivity index (χ2n) is 6.69. The summed E-state index contributed by atoms with van der Waals surface area (Å²) >= 11 is 1.36. The molecule has 1 aliphatic rings. The Balaban J connectivity index is 1.71. The van der Waals surface area contributed by atoms with Crippen molar-refractivity contribution >= 4 is 17.7 Å². The van der Waals surface area contributed by atoms with Crippen LogP contribution in [0, 0.1) is 18.3 Å². The van der Waals surface area contributed by atoms with Gasteiger partial charge in [0, 0.05) is 31.5 Å². The van der Waals surface area contributed by atoms with Crippen LogP contribution in [0.5, 0.6) is 5.75 Å². The summed E-state index contributed by atoms with van der Waals surface area (Å²) in [5.41, 5.74) is 0.911. The highest BCUT2D eigenvalue weighted by atomic mass is 32.2. The van der Waals surface area contributed by atoms with Crippen molar-refractivity contribution in [1.82, 2.24) is 19.7 Å². The zero-order valence-electron chi connectivity index (χ0n) is 16.7. The maximum absolute atomic E-state index is 12.9. The van der Waals surface area contributed by atoms with Crippen molar-refractivity contribution in [2.75, 3.05) is 32.6 Å². The molecule has 0 saturated carbocycles. The van der Waals surface area contributed by atoms with Crippen LogP contribution in [0.3, 0.4) is 0 Å². The predicted octanol–water partition coefficient (Wildman–Crippen LogP) is 2.60. The molecule has 1 saturated heterocycles. The van der Waals surface area contributed by atoms with Crippen molar-refractivity contribution in [3.8, 4) is 17.5 Å². The van der Waals surface area contributed by atoms with Crippen LogP contribution in [-0.2, 0) is 9.53 Å². The van der Waals surface area contributed by atoms with Gasteiger partial charge in [0.1, 0.15) is 11.6 Å². The van der Waals surface area contributed by atoms with Gasteiger partial charge < -0.3 is 14.4 Å². The molecule has 3 rings (SSSR count). The molecule has 0 radical (unpaired) electrons. The zero-order valence-corrected chi connectivity index (χ0v) is 17.5. The minimum Gasteiger partial charge on any atom is -0.497 e. The van der Waals surface area contributed by atoms with Gasteiger partial charge in [-0.05, 0) is 44.0 Å². The van der Waals surface area contributed by atoms with Gasteiger partial charge in [0.15, 0.2) is 5.16 Å². The first-order valence-electron chi connectivity index (χ1n) is 9.57. The van der Waals surface area contributed by atoms with E-state index in [1.165, 1.54) is 11.8 Å². The number of methoxy groups -OCH3 is 1. The lowest BCUT2D eigenvalue weighted by Crippen LogP contribution is -2.44. The van der Waals surface area contributed by atoms with E-state index >= 15 is 0 Å². The summed E-state index contributed by atoms with van der Waals surface area (Å²) in [6.45, 7) is 3.63. The van der Waals surface area contributed by atoms with Crippen molar-refractivity contribution in [3.63, 3.8) is 0 Å². The first kappa shape index (κ1) is 21.1. The lowest BCUT2D eigenvalue weighted by atomic mass is 10.1. The summed E-state index contributed by atoms with van der Waals surface area (Å²) in [5.74, 6) is 1.78. The fraction of sp³-hybridized carbons (Fsp3) is 0.500. The number of aryl methyl sites for hydroxylation is 1. The summed E-state index contributed by atoms with van der Waals surface area (Å²) in [6, 6.07) is 9.89. The molecule has 1 aromatic heterocycles. The third-order valence-electron chi connectivity index (χ3n) is 4.87. The van der Waals surface area contributed by atoms with Crippen molar-refractivity contribution in [3.05, 3.63) is 30.1 Å². The van der Waals surface area contributed by atoms with Gasteiger partial charge in [0.05, 0.1) is 25.4 Å². The molecule has 2 heterocycles. The summed E-state index contributed by atoms with van der Waals surface area (Å²) in [5, 5.41) is 18.0. The highest BCUT2D eigenvalue weighted by Gasteiger charge is 2.26. The van der Waals surface area contributed by atoms with E-state index in [0.29, 0.717) is 31.3 Å². The molecule has 8 nitrogen and oxygen atoms in total. The van der Waals surface area contributed by atoms with Gasteiger partial charge in [-0.15, -0.1) is 10.2 Å². The number of ether oxygens (including phenoxy) is 2. The molecule has 0 N–H and O–H groups in total. The van der Waals surface area contributed by atoms with Gasteiger partial charge in [-0.2, -0.15) is 5.26 Å². The van der Waals surface area contributed by atoms with Gasteiger partial charge in [0.2, 0.25) is 5.91 Å². The largest absolute Gasteiger partial charge is 0.497 e. The fourth-order valence-corrected chi connectivity index (χ4v) is 4.24. The van der Waals surface area contributed by atoms with Crippen LogP contribution in [0.25, 0.3) is 5.69 Å². The molecule has 1 amide bonds. The van der Waals surface area contributed by atoms with Gasteiger partial charge in [0.25, 0.3) is 0 Å². The molecule has 29 heavy (non-hydrogen) atoms. The van der Waals surface area contributed by atoms with E-state index in [2.05, 4.69) is 16.3 Å². The molecule has 0 aliphatic carbocycles. The Morgan fingerprint density at radius 1 is 1.34 bits per heavy atom. The van der Waals surface area contributed by atoms with Crippen LogP contribution >= 0.6 is 11.8 Å². The topological polar surface area (TPSA) is 93.3 Å². The van der Waals surface area contributed by atoms with E-state index in [-0.39, 0.29) is 17.7 Å². The van der Waals surface area contributed by atoms with Crippen LogP contribution < -0.4 is 4.74 Å². The molecule has 9 heteroatoms. The Labute approximate surface area is 174 Å². The number of benzene rings is 1. The van der Waals surface area contributed by atoms with E-state index in [1.807, 2.05) is 40.7 Å². The lowest BCUT2D eigenvalue weighted by molar-refractivity contribution is -0.132. The SMILES string of the molecule is COc1ccc(-n2c(C)nnc2SCC(=O)N(CCC#N)C2CCOCC2)cc1. The predicted molar refractivity (Wildman–Crippen MR) is 109 cm³/mol. The lowest BCUT2D eigenvalue weighted by Gasteiger charge is -2.33. The number of rotatable bonds is 8. The van der Waals surface area contributed by atoms with E-state index in [0.717, 1.165) is 30.1 Å².